The number of esters is 1. The fourth-order valence-corrected chi connectivity index (χ4v) is 1.62. The van der Waals surface area contributed by atoms with E-state index >= 15 is 0 Å². The summed E-state index contributed by atoms with van der Waals surface area (Å²) in [6.07, 6.45) is -5.01. The van der Waals surface area contributed by atoms with E-state index < -0.39 is 29.2 Å². The van der Waals surface area contributed by atoms with Crippen LogP contribution >= 0.6 is 15.9 Å². The molecule has 0 aliphatic rings. The molecule has 0 fully saturated rings. The van der Waals surface area contributed by atoms with Gasteiger partial charge < -0.3 is 9.47 Å². The molecule has 0 heterocycles. The predicted molar refractivity (Wildman–Crippen MR) is 56.9 cm³/mol. The largest absolute Gasteiger partial charge is 0.573 e. The lowest BCUT2D eigenvalue weighted by Crippen LogP contribution is -2.20. The number of benzene rings is 1. The summed E-state index contributed by atoms with van der Waals surface area (Å²) in [6.45, 7) is 0. The van der Waals surface area contributed by atoms with Crippen LogP contribution in [0.4, 0.5) is 13.2 Å². The summed E-state index contributed by atoms with van der Waals surface area (Å²) in [5, 5.41) is 8.75. The third kappa shape index (κ3) is 3.37. The number of halogens is 4. The van der Waals surface area contributed by atoms with Gasteiger partial charge in [-0.05, 0) is 12.1 Å². The van der Waals surface area contributed by atoms with Gasteiger partial charge in [-0.1, -0.05) is 15.9 Å². The van der Waals surface area contributed by atoms with Crippen molar-refractivity contribution < 1.29 is 27.4 Å². The van der Waals surface area contributed by atoms with Crippen LogP contribution in [0.3, 0.4) is 0 Å². The maximum Gasteiger partial charge on any atom is 0.573 e. The fraction of sp³-hybridized carbons (Fsp3) is 0.200. The zero-order valence-corrected chi connectivity index (χ0v) is 10.4. The molecule has 0 atom stereocenters. The van der Waals surface area contributed by atoms with Crippen molar-refractivity contribution >= 4 is 21.9 Å². The summed E-state index contributed by atoms with van der Waals surface area (Å²) in [7, 11) is 1.01. The van der Waals surface area contributed by atoms with Crippen LogP contribution in [0.2, 0.25) is 0 Å². The van der Waals surface area contributed by atoms with Crippen LogP contribution in [0.15, 0.2) is 16.6 Å². The molecule has 1 aromatic carbocycles. The summed E-state index contributed by atoms with van der Waals surface area (Å²) in [5.74, 6) is -1.91. The van der Waals surface area contributed by atoms with Gasteiger partial charge in [0, 0.05) is 4.47 Å². The first kappa shape index (κ1) is 14.3. The third-order valence-corrected chi connectivity index (χ3v) is 2.26. The Hall–Kier alpha value is -1.75. The molecule has 0 N–H and O–H groups in total. The molecule has 0 saturated heterocycles. The second kappa shape index (κ2) is 5.27. The first-order valence-corrected chi connectivity index (χ1v) is 5.15. The molecule has 0 saturated carbocycles. The molecule has 0 aliphatic heterocycles. The summed E-state index contributed by atoms with van der Waals surface area (Å²) >= 11 is 2.97. The van der Waals surface area contributed by atoms with E-state index in [0.29, 0.717) is 0 Å². The predicted octanol–water partition coefficient (Wildman–Crippen LogP) is 3.01. The molecule has 96 valence electrons. The first-order valence-electron chi connectivity index (χ1n) is 4.36. The lowest BCUT2D eigenvalue weighted by atomic mass is 10.1. The van der Waals surface area contributed by atoms with Gasteiger partial charge in [0.15, 0.2) is 5.75 Å². The van der Waals surface area contributed by atoms with Gasteiger partial charge in [-0.25, -0.2) is 4.79 Å². The van der Waals surface area contributed by atoms with Crippen LogP contribution in [0, 0.1) is 11.3 Å². The Kier molecular flexibility index (Phi) is 4.19. The second-order valence-corrected chi connectivity index (χ2v) is 3.90. The lowest BCUT2D eigenvalue weighted by molar-refractivity contribution is -0.274. The monoisotopic (exact) mass is 323 g/mol. The number of ether oxygens (including phenoxy) is 2. The molecule has 0 unspecified atom stereocenters. The van der Waals surface area contributed by atoms with Gasteiger partial charge in [0.05, 0.1) is 12.7 Å². The van der Waals surface area contributed by atoms with Crippen LogP contribution in [0.1, 0.15) is 15.9 Å². The lowest BCUT2D eigenvalue weighted by Gasteiger charge is -2.13. The van der Waals surface area contributed by atoms with E-state index in [0.717, 1.165) is 19.2 Å². The van der Waals surface area contributed by atoms with Crippen molar-refractivity contribution in [2.45, 2.75) is 6.36 Å². The third-order valence-electron chi connectivity index (χ3n) is 1.80. The zero-order chi connectivity index (χ0) is 13.9. The van der Waals surface area contributed by atoms with Crippen molar-refractivity contribution in [2.24, 2.45) is 0 Å². The number of methoxy groups -OCH3 is 1. The zero-order valence-electron chi connectivity index (χ0n) is 8.84. The number of hydrogen-bond donors (Lipinski definition) is 0. The molecule has 1 aromatic rings. The van der Waals surface area contributed by atoms with Gasteiger partial charge in [0.1, 0.15) is 11.6 Å². The minimum Gasteiger partial charge on any atom is -0.465 e. The van der Waals surface area contributed by atoms with Gasteiger partial charge in [-0.3, -0.25) is 0 Å². The van der Waals surface area contributed by atoms with Gasteiger partial charge in [0.2, 0.25) is 0 Å². The molecule has 0 amide bonds. The molecular weight excluding hydrogens is 319 g/mol. The van der Waals surface area contributed by atoms with E-state index in [1.807, 2.05) is 0 Å². The SMILES string of the molecule is COC(=O)c1cc(Br)cc(C#N)c1OC(F)(F)F. The minimum absolute atomic E-state index is 0.258. The standard InChI is InChI=1S/C10H5BrF3NO3/c1-17-9(16)7-3-6(11)2-5(4-15)8(7)18-10(12,13)14/h2-3H,1H3. The Morgan fingerprint density at radius 1 is 1.44 bits per heavy atom. The van der Waals surface area contributed by atoms with Gasteiger partial charge in [-0.15, -0.1) is 13.2 Å². The first-order chi connectivity index (χ1) is 8.28. The van der Waals surface area contributed by atoms with Crippen molar-refractivity contribution in [3.63, 3.8) is 0 Å². The summed E-state index contributed by atoms with van der Waals surface area (Å²) in [6, 6.07) is 3.70. The molecule has 0 aliphatic carbocycles. The molecule has 1 rings (SSSR count). The van der Waals surface area contributed by atoms with Crippen molar-refractivity contribution in [3.8, 4) is 11.8 Å². The van der Waals surface area contributed by atoms with Crippen LogP contribution in [0.5, 0.6) is 5.75 Å². The Labute approximate surface area is 108 Å². The van der Waals surface area contributed by atoms with E-state index in [2.05, 4.69) is 25.4 Å². The molecule has 0 radical (unpaired) electrons. The summed E-state index contributed by atoms with van der Waals surface area (Å²) < 4.78 is 44.9. The highest BCUT2D eigenvalue weighted by atomic mass is 79.9. The topological polar surface area (TPSA) is 59.3 Å². The van der Waals surface area contributed by atoms with Crippen molar-refractivity contribution in [1.29, 1.82) is 5.26 Å². The van der Waals surface area contributed by atoms with Gasteiger partial charge in [0.25, 0.3) is 0 Å². The maximum absolute atomic E-state index is 12.2. The van der Waals surface area contributed by atoms with Gasteiger partial charge in [-0.2, -0.15) is 5.26 Å². The highest BCUT2D eigenvalue weighted by Gasteiger charge is 2.34. The Morgan fingerprint density at radius 3 is 2.50 bits per heavy atom. The van der Waals surface area contributed by atoms with E-state index in [1.54, 1.807) is 0 Å². The van der Waals surface area contributed by atoms with E-state index in [1.165, 1.54) is 6.07 Å². The highest BCUT2D eigenvalue weighted by molar-refractivity contribution is 9.10. The van der Waals surface area contributed by atoms with Crippen molar-refractivity contribution in [1.82, 2.24) is 0 Å². The quantitative estimate of drug-likeness (QED) is 0.785. The van der Waals surface area contributed by atoms with E-state index in [4.69, 9.17) is 5.26 Å². The molecule has 0 bridgehead atoms. The number of carbonyl (C=O) groups excluding carboxylic acids is 1. The van der Waals surface area contributed by atoms with Crippen LogP contribution < -0.4 is 4.74 Å². The maximum atomic E-state index is 12.2. The van der Waals surface area contributed by atoms with Crippen molar-refractivity contribution in [2.75, 3.05) is 7.11 Å². The molecular formula is C10H5BrF3NO3. The Balaban J connectivity index is 3.44. The number of rotatable bonds is 2. The van der Waals surface area contributed by atoms with Crippen LogP contribution in [0.25, 0.3) is 0 Å². The summed E-state index contributed by atoms with van der Waals surface area (Å²) in [5.41, 5.74) is -0.914. The van der Waals surface area contributed by atoms with Crippen molar-refractivity contribution in [3.05, 3.63) is 27.7 Å². The molecule has 0 spiro atoms. The Morgan fingerprint density at radius 2 is 2.06 bits per heavy atom. The second-order valence-electron chi connectivity index (χ2n) is 2.98. The average molecular weight is 324 g/mol. The number of hydrogen-bond acceptors (Lipinski definition) is 4. The molecule has 4 nitrogen and oxygen atoms in total. The molecule has 0 aromatic heterocycles. The molecule has 18 heavy (non-hydrogen) atoms. The minimum atomic E-state index is -5.01. The van der Waals surface area contributed by atoms with Crippen LogP contribution in [-0.4, -0.2) is 19.4 Å². The van der Waals surface area contributed by atoms with E-state index in [-0.39, 0.29) is 4.47 Å². The number of nitrogens with zero attached hydrogens (tertiary/aromatic N) is 1. The number of carbonyl (C=O) groups is 1. The van der Waals surface area contributed by atoms with Gasteiger partial charge >= 0.3 is 12.3 Å². The normalized spacial score (nSPS) is 10.7. The van der Waals surface area contributed by atoms with E-state index in [9.17, 15) is 18.0 Å². The smallest absolute Gasteiger partial charge is 0.465 e. The number of alkyl halides is 3. The van der Waals surface area contributed by atoms with Crippen LogP contribution in [-0.2, 0) is 4.74 Å². The fourth-order valence-electron chi connectivity index (χ4n) is 1.16. The summed E-state index contributed by atoms with van der Waals surface area (Å²) in [4.78, 5) is 11.3. The number of nitriles is 1. The molecule has 8 heteroatoms. The Bertz CT molecular complexity index is 522. The highest BCUT2D eigenvalue weighted by Crippen LogP contribution is 2.33. The average Bonchev–Trinajstić information content (AvgIpc) is 2.28.